The van der Waals surface area contributed by atoms with Crippen LogP contribution in [0.4, 0.5) is 5.82 Å². The summed E-state index contributed by atoms with van der Waals surface area (Å²) < 4.78 is 10.6. The minimum atomic E-state index is -0.322. The molecule has 1 saturated heterocycles. The number of pyridine rings is 1. The molecular weight excluding hydrogens is 258 g/mol. The second-order valence-corrected chi connectivity index (χ2v) is 4.60. The van der Waals surface area contributed by atoms with Gasteiger partial charge in [-0.2, -0.15) is 4.98 Å². The van der Waals surface area contributed by atoms with Crippen LogP contribution in [0.25, 0.3) is 0 Å². The third kappa shape index (κ3) is 3.84. The number of hydrogen-bond donors (Lipinski definition) is 1. The molecule has 1 N–H and O–H groups in total. The Labute approximate surface area is 119 Å². The Morgan fingerprint density at radius 2 is 2.25 bits per heavy atom. The monoisotopic (exact) mass is 279 g/mol. The van der Waals surface area contributed by atoms with Crippen molar-refractivity contribution in [3.63, 3.8) is 0 Å². The fourth-order valence-corrected chi connectivity index (χ4v) is 2.06. The number of nitrogens with one attached hydrogen (secondary N) is 1. The number of amides is 1. The molecule has 2 rings (SSSR count). The van der Waals surface area contributed by atoms with Crippen molar-refractivity contribution in [3.8, 4) is 5.88 Å². The number of hydrogen-bond acceptors (Lipinski definition) is 5. The fourth-order valence-electron chi connectivity index (χ4n) is 2.06. The van der Waals surface area contributed by atoms with Gasteiger partial charge in [0.15, 0.2) is 0 Å². The lowest BCUT2D eigenvalue weighted by molar-refractivity contribution is -0.135. The van der Waals surface area contributed by atoms with Gasteiger partial charge in [-0.3, -0.25) is 4.79 Å². The van der Waals surface area contributed by atoms with Crippen LogP contribution >= 0.6 is 0 Å². The summed E-state index contributed by atoms with van der Waals surface area (Å²) >= 11 is 0. The molecule has 1 fully saturated rings. The third-order valence-electron chi connectivity index (χ3n) is 3.07. The number of ether oxygens (including phenoxy) is 2. The average molecular weight is 279 g/mol. The van der Waals surface area contributed by atoms with Crippen molar-refractivity contribution in [3.05, 3.63) is 18.2 Å². The van der Waals surface area contributed by atoms with Gasteiger partial charge in [0.2, 0.25) is 11.8 Å². The summed E-state index contributed by atoms with van der Waals surface area (Å²) in [5, 5.41) is 3.11. The van der Waals surface area contributed by atoms with E-state index >= 15 is 0 Å². The van der Waals surface area contributed by atoms with E-state index in [2.05, 4.69) is 10.3 Å². The van der Waals surface area contributed by atoms with E-state index in [4.69, 9.17) is 9.47 Å². The molecule has 2 heterocycles. The lowest BCUT2D eigenvalue weighted by Gasteiger charge is -2.29. The Morgan fingerprint density at radius 1 is 1.50 bits per heavy atom. The van der Waals surface area contributed by atoms with Gasteiger partial charge in [0.05, 0.1) is 19.8 Å². The standard InChI is InChI=1S/C14H21N3O3/c1-3-20-13-6-4-5-12(16-13)15-11(2)14(18)17-7-9-19-10-8-17/h4-6,11H,3,7-10H2,1-2H3,(H,15,16). The molecule has 1 atom stereocenters. The largest absolute Gasteiger partial charge is 0.478 e. The summed E-state index contributed by atoms with van der Waals surface area (Å²) in [6.45, 7) is 6.83. The van der Waals surface area contributed by atoms with Gasteiger partial charge in [-0.05, 0) is 19.9 Å². The maximum Gasteiger partial charge on any atom is 0.244 e. The predicted molar refractivity (Wildman–Crippen MR) is 75.9 cm³/mol. The first kappa shape index (κ1) is 14.6. The number of aromatic nitrogens is 1. The first-order valence-electron chi connectivity index (χ1n) is 6.93. The van der Waals surface area contributed by atoms with Gasteiger partial charge in [-0.15, -0.1) is 0 Å². The van der Waals surface area contributed by atoms with Crippen LogP contribution in [0.15, 0.2) is 18.2 Å². The zero-order valence-corrected chi connectivity index (χ0v) is 12.0. The highest BCUT2D eigenvalue weighted by Gasteiger charge is 2.22. The number of carbonyl (C=O) groups is 1. The smallest absolute Gasteiger partial charge is 0.244 e. The minimum Gasteiger partial charge on any atom is -0.478 e. The van der Waals surface area contributed by atoms with E-state index < -0.39 is 0 Å². The SMILES string of the molecule is CCOc1cccc(NC(C)C(=O)N2CCOCC2)n1. The normalized spacial score (nSPS) is 16.6. The molecule has 1 unspecified atom stereocenters. The number of carbonyl (C=O) groups excluding carboxylic acids is 1. The predicted octanol–water partition coefficient (Wildman–Crippen LogP) is 1.14. The molecule has 110 valence electrons. The lowest BCUT2D eigenvalue weighted by Crippen LogP contribution is -2.47. The molecule has 0 bridgehead atoms. The molecule has 0 aliphatic carbocycles. The third-order valence-corrected chi connectivity index (χ3v) is 3.07. The molecule has 6 heteroatoms. The van der Waals surface area contributed by atoms with Gasteiger partial charge in [0, 0.05) is 19.2 Å². The molecule has 0 aromatic carbocycles. The van der Waals surface area contributed by atoms with E-state index in [1.165, 1.54) is 0 Å². The van der Waals surface area contributed by atoms with Crippen LogP contribution in [-0.2, 0) is 9.53 Å². The molecular formula is C14H21N3O3. The van der Waals surface area contributed by atoms with Gasteiger partial charge in [-0.1, -0.05) is 6.07 Å². The van der Waals surface area contributed by atoms with Crippen LogP contribution in [-0.4, -0.2) is 54.7 Å². The lowest BCUT2D eigenvalue weighted by atomic mass is 10.2. The van der Waals surface area contributed by atoms with Crippen LogP contribution in [0.5, 0.6) is 5.88 Å². The zero-order chi connectivity index (χ0) is 14.4. The van der Waals surface area contributed by atoms with Crippen LogP contribution in [0.3, 0.4) is 0 Å². The first-order valence-corrected chi connectivity index (χ1v) is 6.93. The molecule has 1 aliphatic rings. The molecule has 0 saturated carbocycles. The highest BCUT2D eigenvalue weighted by Crippen LogP contribution is 2.13. The van der Waals surface area contributed by atoms with Gasteiger partial charge >= 0.3 is 0 Å². The highest BCUT2D eigenvalue weighted by molar-refractivity contribution is 5.84. The van der Waals surface area contributed by atoms with Crippen molar-refractivity contribution in [2.75, 3.05) is 38.2 Å². The molecule has 20 heavy (non-hydrogen) atoms. The second-order valence-electron chi connectivity index (χ2n) is 4.60. The summed E-state index contributed by atoms with van der Waals surface area (Å²) in [4.78, 5) is 18.4. The van der Waals surface area contributed by atoms with Gasteiger partial charge in [0.25, 0.3) is 0 Å². The molecule has 1 aromatic heterocycles. The van der Waals surface area contributed by atoms with Crippen molar-refractivity contribution in [1.82, 2.24) is 9.88 Å². The summed E-state index contributed by atoms with van der Waals surface area (Å²) in [7, 11) is 0. The molecule has 0 spiro atoms. The number of nitrogens with zero attached hydrogens (tertiary/aromatic N) is 2. The molecule has 1 aromatic rings. The Balaban J connectivity index is 1.94. The number of anilines is 1. The molecule has 0 radical (unpaired) electrons. The fraction of sp³-hybridized carbons (Fsp3) is 0.571. The summed E-state index contributed by atoms with van der Waals surface area (Å²) in [5.74, 6) is 1.27. The quantitative estimate of drug-likeness (QED) is 0.875. The maximum absolute atomic E-state index is 12.3. The van der Waals surface area contributed by atoms with Crippen LogP contribution in [0.2, 0.25) is 0 Å². The van der Waals surface area contributed by atoms with Gasteiger partial charge in [0.1, 0.15) is 11.9 Å². The van der Waals surface area contributed by atoms with E-state index in [0.717, 1.165) is 0 Å². The second kappa shape index (κ2) is 7.09. The number of rotatable bonds is 5. The van der Waals surface area contributed by atoms with Crippen molar-refractivity contribution in [1.29, 1.82) is 0 Å². The average Bonchev–Trinajstić information content (AvgIpc) is 2.48. The van der Waals surface area contributed by atoms with Crippen LogP contribution in [0.1, 0.15) is 13.8 Å². The van der Waals surface area contributed by atoms with Crippen LogP contribution < -0.4 is 10.1 Å². The van der Waals surface area contributed by atoms with E-state index in [9.17, 15) is 4.79 Å². The van der Waals surface area contributed by atoms with Crippen LogP contribution in [0, 0.1) is 0 Å². The van der Waals surface area contributed by atoms with Crippen molar-refractivity contribution < 1.29 is 14.3 Å². The Kier molecular flexibility index (Phi) is 5.17. The highest BCUT2D eigenvalue weighted by atomic mass is 16.5. The van der Waals surface area contributed by atoms with Gasteiger partial charge < -0.3 is 19.7 Å². The topological polar surface area (TPSA) is 63.7 Å². The zero-order valence-electron chi connectivity index (χ0n) is 12.0. The maximum atomic E-state index is 12.3. The Morgan fingerprint density at radius 3 is 2.95 bits per heavy atom. The summed E-state index contributed by atoms with van der Waals surface area (Å²) in [5.41, 5.74) is 0. The first-order chi connectivity index (χ1) is 9.70. The van der Waals surface area contributed by atoms with Crippen molar-refractivity contribution in [2.45, 2.75) is 19.9 Å². The van der Waals surface area contributed by atoms with E-state index in [1.807, 2.05) is 30.9 Å². The minimum absolute atomic E-state index is 0.0666. The van der Waals surface area contributed by atoms with E-state index in [0.29, 0.717) is 44.6 Å². The molecule has 1 amide bonds. The Bertz CT molecular complexity index is 447. The summed E-state index contributed by atoms with van der Waals surface area (Å²) in [6, 6.07) is 5.15. The van der Waals surface area contributed by atoms with Gasteiger partial charge in [-0.25, -0.2) is 0 Å². The van der Waals surface area contributed by atoms with E-state index in [1.54, 1.807) is 6.07 Å². The molecule has 6 nitrogen and oxygen atoms in total. The van der Waals surface area contributed by atoms with E-state index in [-0.39, 0.29) is 11.9 Å². The van der Waals surface area contributed by atoms with Crippen molar-refractivity contribution in [2.24, 2.45) is 0 Å². The molecule has 1 aliphatic heterocycles. The number of morpholine rings is 1. The van der Waals surface area contributed by atoms with Crippen molar-refractivity contribution >= 4 is 11.7 Å². The summed E-state index contributed by atoms with van der Waals surface area (Å²) in [6.07, 6.45) is 0. The Hall–Kier alpha value is -1.82.